The Morgan fingerprint density at radius 3 is 2.93 bits per heavy atom. The molecule has 15 heavy (non-hydrogen) atoms. The first-order chi connectivity index (χ1) is 7.08. The molecule has 0 amide bonds. The molecule has 82 valence electrons. The van der Waals surface area contributed by atoms with Gasteiger partial charge in [0.25, 0.3) is 11.6 Å². The third-order valence-electron chi connectivity index (χ3n) is 1.88. The van der Waals surface area contributed by atoms with E-state index in [1.165, 1.54) is 23.3 Å². The molecule has 1 rings (SSSR count). The van der Waals surface area contributed by atoms with E-state index >= 15 is 0 Å². The fourth-order valence-corrected chi connectivity index (χ4v) is 1.25. The molecular formula is C10H13ClN2O2. The van der Waals surface area contributed by atoms with E-state index in [0.717, 1.165) is 5.57 Å². The van der Waals surface area contributed by atoms with E-state index in [9.17, 15) is 4.79 Å². The highest BCUT2D eigenvalue weighted by molar-refractivity contribution is 6.25. The van der Waals surface area contributed by atoms with E-state index in [1.807, 2.05) is 6.92 Å². The number of hydrogen-bond acceptors (Lipinski definition) is 3. The van der Waals surface area contributed by atoms with Crippen LogP contribution in [0.1, 0.15) is 12.6 Å². The molecule has 0 atom stereocenters. The van der Waals surface area contributed by atoms with Crippen LogP contribution >= 0.6 is 11.6 Å². The van der Waals surface area contributed by atoms with Crippen molar-refractivity contribution in [1.82, 2.24) is 9.55 Å². The smallest absolute Gasteiger partial charge is 0.299 e. The first kappa shape index (κ1) is 11.8. The number of nitrogens with zero attached hydrogens (tertiary/aromatic N) is 2. The third kappa shape index (κ3) is 2.83. The van der Waals surface area contributed by atoms with Gasteiger partial charge in [0.15, 0.2) is 0 Å². The molecule has 5 heteroatoms. The van der Waals surface area contributed by atoms with Crippen molar-refractivity contribution in [3.05, 3.63) is 33.2 Å². The minimum atomic E-state index is -0.141. The van der Waals surface area contributed by atoms with Crippen molar-refractivity contribution in [2.24, 2.45) is 0 Å². The lowest BCUT2D eigenvalue weighted by Gasteiger charge is -2.10. The maximum absolute atomic E-state index is 11.6. The highest BCUT2D eigenvalue weighted by atomic mass is 35.5. The molecule has 0 aliphatic carbocycles. The van der Waals surface area contributed by atoms with Gasteiger partial charge in [-0.3, -0.25) is 9.36 Å². The Balaban J connectivity index is 3.21. The quantitative estimate of drug-likeness (QED) is 0.791. The summed E-state index contributed by atoms with van der Waals surface area (Å²) in [6.45, 7) is 3.97. The number of ether oxygens (including phenoxy) is 1. The Morgan fingerprint density at radius 2 is 2.40 bits per heavy atom. The molecule has 0 N–H and O–H groups in total. The van der Waals surface area contributed by atoms with Crippen LogP contribution in [0, 0.1) is 6.92 Å². The summed E-state index contributed by atoms with van der Waals surface area (Å²) in [5.74, 6) is 0. The van der Waals surface area contributed by atoms with Crippen LogP contribution in [-0.2, 0) is 6.54 Å². The topological polar surface area (TPSA) is 44.1 Å². The van der Waals surface area contributed by atoms with Crippen LogP contribution in [0.3, 0.4) is 0 Å². The standard InChI is InChI=1S/C10H13ClN2O2/c1-7(5-11)6-13-9(14)4-8(2)12-10(13)15-3/h4-5H,6H2,1-3H3. The molecule has 0 radical (unpaired) electrons. The number of rotatable bonds is 3. The molecule has 0 aliphatic rings. The monoisotopic (exact) mass is 228 g/mol. The van der Waals surface area contributed by atoms with Crippen LogP contribution in [0.2, 0.25) is 0 Å². The first-order valence-corrected chi connectivity index (χ1v) is 4.90. The molecule has 0 aromatic carbocycles. The molecule has 1 heterocycles. The van der Waals surface area contributed by atoms with Crippen LogP contribution in [0.15, 0.2) is 22.0 Å². The van der Waals surface area contributed by atoms with Gasteiger partial charge < -0.3 is 4.74 Å². The highest BCUT2D eigenvalue weighted by Crippen LogP contribution is 2.07. The van der Waals surface area contributed by atoms with Crippen LogP contribution in [0.5, 0.6) is 6.01 Å². The minimum Gasteiger partial charge on any atom is -0.468 e. The first-order valence-electron chi connectivity index (χ1n) is 4.46. The van der Waals surface area contributed by atoms with E-state index < -0.39 is 0 Å². The molecule has 0 unspecified atom stereocenters. The molecule has 0 aliphatic heterocycles. The predicted octanol–water partition coefficient (Wildman–Crippen LogP) is 1.70. The largest absolute Gasteiger partial charge is 0.468 e. The van der Waals surface area contributed by atoms with Gasteiger partial charge in [-0.05, 0) is 19.4 Å². The number of methoxy groups -OCH3 is 1. The van der Waals surface area contributed by atoms with Crippen molar-refractivity contribution in [2.75, 3.05) is 7.11 Å². The summed E-state index contributed by atoms with van der Waals surface area (Å²) >= 11 is 5.54. The Hall–Kier alpha value is -1.29. The van der Waals surface area contributed by atoms with Crippen molar-refractivity contribution >= 4 is 11.6 Å². The summed E-state index contributed by atoms with van der Waals surface area (Å²) in [5.41, 5.74) is 2.80. The fourth-order valence-electron chi connectivity index (χ4n) is 1.18. The Bertz CT molecular complexity index is 438. The molecule has 1 aromatic rings. The van der Waals surface area contributed by atoms with Crippen molar-refractivity contribution in [3.63, 3.8) is 0 Å². The number of aromatic nitrogens is 2. The van der Waals surface area contributed by atoms with Crippen LogP contribution in [-0.4, -0.2) is 16.7 Å². The zero-order valence-corrected chi connectivity index (χ0v) is 9.71. The summed E-state index contributed by atoms with van der Waals surface area (Å²) in [6.07, 6.45) is 0. The molecule has 1 aromatic heterocycles. The van der Waals surface area contributed by atoms with Gasteiger partial charge in [-0.25, -0.2) is 4.98 Å². The van der Waals surface area contributed by atoms with Gasteiger partial charge in [0, 0.05) is 17.3 Å². The summed E-state index contributed by atoms with van der Waals surface area (Å²) in [4.78, 5) is 15.8. The molecule has 0 bridgehead atoms. The zero-order valence-electron chi connectivity index (χ0n) is 8.95. The van der Waals surface area contributed by atoms with Crippen LogP contribution in [0.4, 0.5) is 0 Å². The second-order valence-electron chi connectivity index (χ2n) is 3.26. The molecule has 0 saturated heterocycles. The average Bonchev–Trinajstić information content (AvgIpc) is 2.21. The van der Waals surface area contributed by atoms with E-state index in [4.69, 9.17) is 16.3 Å². The summed E-state index contributed by atoms with van der Waals surface area (Å²) < 4.78 is 6.47. The summed E-state index contributed by atoms with van der Waals surface area (Å²) in [7, 11) is 1.48. The molecular weight excluding hydrogens is 216 g/mol. The SMILES string of the molecule is COc1nc(C)cc(=O)n1CC(C)=CCl. The molecule has 0 spiro atoms. The van der Waals surface area contributed by atoms with Crippen molar-refractivity contribution in [2.45, 2.75) is 20.4 Å². The third-order valence-corrected chi connectivity index (χ3v) is 2.25. The maximum atomic E-state index is 11.6. The van der Waals surface area contributed by atoms with E-state index in [0.29, 0.717) is 18.2 Å². The number of halogens is 1. The van der Waals surface area contributed by atoms with Gasteiger partial charge in [0.1, 0.15) is 0 Å². The minimum absolute atomic E-state index is 0.141. The van der Waals surface area contributed by atoms with E-state index in [1.54, 1.807) is 6.92 Å². The number of aryl methyl sites for hydroxylation is 1. The van der Waals surface area contributed by atoms with Gasteiger partial charge >= 0.3 is 0 Å². The van der Waals surface area contributed by atoms with Gasteiger partial charge in [-0.15, -0.1) is 0 Å². The normalized spacial score (nSPS) is 11.6. The van der Waals surface area contributed by atoms with Gasteiger partial charge in [0.05, 0.1) is 13.7 Å². The van der Waals surface area contributed by atoms with E-state index in [-0.39, 0.29) is 5.56 Å². The second kappa shape index (κ2) is 4.98. The number of allylic oxidation sites excluding steroid dienone is 1. The van der Waals surface area contributed by atoms with Gasteiger partial charge in [-0.1, -0.05) is 11.6 Å². The lowest BCUT2D eigenvalue weighted by Crippen LogP contribution is -2.23. The van der Waals surface area contributed by atoms with Crippen molar-refractivity contribution in [1.29, 1.82) is 0 Å². The average molecular weight is 229 g/mol. The van der Waals surface area contributed by atoms with Gasteiger partial charge in [0.2, 0.25) is 0 Å². The highest BCUT2D eigenvalue weighted by Gasteiger charge is 2.07. The van der Waals surface area contributed by atoms with Crippen LogP contribution < -0.4 is 10.3 Å². The molecule has 4 nitrogen and oxygen atoms in total. The predicted molar refractivity (Wildman–Crippen MR) is 59.4 cm³/mol. The van der Waals surface area contributed by atoms with Crippen molar-refractivity contribution < 1.29 is 4.74 Å². The molecule has 0 fully saturated rings. The fraction of sp³-hybridized carbons (Fsp3) is 0.400. The van der Waals surface area contributed by atoms with Crippen LogP contribution in [0.25, 0.3) is 0 Å². The molecule has 0 saturated carbocycles. The Morgan fingerprint density at radius 1 is 1.73 bits per heavy atom. The lowest BCUT2D eigenvalue weighted by molar-refractivity contribution is 0.349. The van der Waals surface area contributed by atoms with Gasteiger partial charge in [-0.2, -0.15) is 0 Å². The van der Waals surface area contributed by atoms with E-state index in [2.05, 4.69) is 4.98 Å². The number of hydrogen-bond donors (Lipinski definition) is 0. The second-order valence-corrected chi connectivity index (χ2v) is 3.48. The zero-order chi connectivity index (χ0) is 11.4. The Kier molecular flexibility index (Phi) is 3.91. The summed E-state index contributed by atoms with van der Waals surface area (Å²) in [6, 6.07) is 1.77. The summed E-state index contributed by atoms with van der Waals surface area (Å²) in [5, 5.41) is 0. The van der Waals surface area contributed by atoms with Crippen molar-refractivity contribution in [3.8, 4) is 6.01 Å². The maximum Gasteiger partial charge on any atom is 0.299 e. The Labute approximate surface area is 93.2 Å². The lowest BCUT2D eigenvalue weighted by atomic mass is 10.3.